The van der Waals surface area contributed by atoms with Gasteiger partial charge in [0.25, 0.3) is 11.5 Å². The predicted molar refractivity (Wildman–Crippen MR) is 69.8 cm³/mol. The maximum Gasteiger partial charge on any atom is 0.260 e. The summed E-state index contributed by atoms with van der Waals surface area (Å²) >= 11 is 0. The lowest BCUT2D eigenvalue weighted by Crippen LogP contribution is -2.33. The van der Waals surface area contributed by atoms with Crippen molar-refractivity contribution in [1.82, 2.24) is 15.6 Å². The van der Waals surface area contributed by atoms with Crippen LogP contribution in [-0.2, 0) is 0 Å². The maximum absolute atomic E-state index is 11.8. The Labute approximate surface area is 106 Å². The van der Waals surface area contributed by atoms with Crippen LogP contribution in [0.1, 0.15) is 35.3 Å². The molecule has 1 atom stereocenters. The molecule has 0 saturated carbocycles. The van der Waals surface area contributed by atoms with Crippen molar-refractivity contribution in [2.45, 2.75) is 32.2 Å². The fraction of sp³-hybridized carbons (Fsp3) is 0.538. The SMILES string of the molecule is Cc1ccc(C(=O)NCC[C@H]2CCCN2)c(=O)[nH]1. The largest absolute Gasteiger partial charge is 0.352 e. The summed E-state index contributed by atoms with van der Waals surface area (Å²) in [6.45, 7) is 3.45. The molecule has 0 radical (unpaired) electrons. The van der Waals surface area contributed by atoms with Crippen molar-refractivity contribution in [2.24, 2.45) is 0 Å². The van der Waals surface area contributed by atoms with Crippen molar-refractivity contribution < 1.29 is 4.79 Å². The average molecular weight is 249 g/mol. The smallest absolute Gasteiger partial charge is 0.260 e. The number of aryl methyl sites for hydroxylation is 1. The van der Waals surface area contributed by atoms with Crippen molar-refractivity contribution in [3.05, 3.63) is 33.7 Å². The molecule has 18 heavy (non-hydrogen) atoms. The Morgan fingerprint density at radius 3 is 3.00 bits per heavy atom. The number of carbonyl (C=O) groups is 1. The highest BCUT2D eigenvalue weighted by Crippen LogP contribution is 2.07. The third-order valence-corrected chi connectivity index (χ3v) is 3.24. The van der Waals surface area contributed by atoms with E-state index in [-0.39, 0.29) is 17.0 Å². The maximum atomic E-state index is 11.8. The molecule has 1 fully saturated rings. The second-order valence-electron chi connectivity index (χ2n) is 4.72. The number of nitrogens with one attached hydrogen (secondary N) is 3. The van der Waals surface area contributed by atoms with Crippen LogP contribution in [0.15, 0.2) is 16.9 Å². The van der Waals surface area contributed by atoms with E-state index in [1.165, 1.54) is 12.8 Å². The average Bonchev–Trinajstić information content (AvgIpc) is 2.81. The monoisotopic (exact) mass is 249 g/mol. The Kier molecular flexibility index (Phi) is 4.15. The zero-order valence-electron chi connectivity index (χ0n) is 10.6. The third-order valence-electron chi connectivity index (χ3n) is 3.24. The van der Waals surface area contributed by atoms with Gasteiger partial charge in [-0.1, -0.05) is 0 Å². The molecule has 0 aromatic carbocycles. The summed E-state index contributed by atoms with van der Waals surface area (Å²) in [5, 5.41) is 6.16. The molecule has 98 valence electrons. The van der Waals surface area contributed by atoms with Gasteiger partial charge in [-0.25, -0.2) is 0 Å². The fourth-order valence-electron chi connectivity index (χ4n) is 2.21. The molecule has 0 bridgehead atoms. The van der Waals surface area contributed by atoms with Crippen LogP contribution in [0, 0.1) is 6.92 Å². The number of aromatic nitrogens is 1. The molecule has 5 heteroatoms. The van der Waals surface area contributed by atoms with Gasteiger partial charge in [0.2, 0.25) is 0 Å². The summed E-state index contributed by atoms with van der Waals surface area (Å²) < 4.78 is 0. The number of H-pyrrole nitrogens is 1. The molecule has 2 rings (SSSR count). The van der Waals surface area contributed by atoms with Crippen LogP contribution in [0.3, 0.4) is 0 Å². The summed E-state index contributed by atoms with van der Waals surface area (Å²) in [4.78, 5) is 26.0. The van der Waals surface area contributed by atoms with Gasteiger partial charge in [-0.2, -0.15) is 0 Å². The number of amides is 1. The number of rotatable bonds is 4. The van der Waals surface area contributed by atoms with Gasteiger partial charge in [0.15, 0.2) is 0 Å². The van der Waals surface area contributed by atoms with Crippen LogP contribution in [0.4, 0.5) is 0 Å². The molecule has 0 unspecified atom stereocenters. The van der Waals surface area contributed by atoms with Gasteiger partial charge in [-0.15, -0.1) is 0 Å². The summed E-state index contributed by atoms with van der Waals surface area (Å²) in [5.41, 5.74) is 0.609. The minimum absolute atomic E-state index is 0.181. The topological polar surface area (TPSA) is 74.0 Å². The zero-order valence-corrected chi connectivity index (χ0v) is 10.6. The molecule has 1 aliphatic rings. The van der Waals surface area contributed by atoms with Crippen LogP contribution in [0.5, 0.6) is 0 Å². The minimum atomic E-state index is -0.327. The predicted octanol–water partition coefficient (Wildman–Crippen LogP) is 0.555. The van der Waals surface area contributed by atoms with Gasteiger partial charge < -0.3 is 15.6 Å². The van der Waals surface area contributed by atoms with Crippen molar-refractivity contribution in [1.29, 1.82) is 0 Å². The second-order valence-corrected chi connectivity index (χ2v) is 4.72. The molecule has 2 heterocycles. The highest BCUT2D eigenvalue weighted by Gasteiger charge is 2.14. The van der Waals surface area contributed by atoms with E-state index in [0.29, 0.717) is 12.6 Å². The van der Waals surface area contributed by atoms with Gasteiger partial charge in [0, 0.05) is 18.3 Å². The number of hydrogen-bond acceptors (Lipinski definition) is 3. The fourth-order valence-corrected chi connectivity index (χ4v) is 2.21. The van der Waals surface area contributed by atoms with Crippen LogP contribution in [-0.4, -0.2) is 30.0 Å². The number of aromatic amines is 1. The zero-order chi connectivity index (χ0) is 13.0. The Hall–Kier alpha value is -1.62. The lowest BCUT2D eigenvalue weighted by atomic mass is 10.1. The summed E-state index contributed by atoms with van der Waals surface area (Å²) in [6.07, 6.45) is 3.28. The van der Waals surface area contributed by atoms with Gasteiger partial charge in [-0.05, 0) is 44.9 Å². The molecule has 1 aromatic rings. The molecule has 0 aliphatic carbocycles. The first-order valence-corrected chi connectivity index (χ1v) is 6.38. The highest BCUT2D eigenvalue weighted by molar-refractivity contribution is 5.93. The molecular formula is C13H19N3O2. The quantitative estimate of drug-likeness (QED) is 0.729. The van der Waals surface area contributed by atoms with E-state index < -0.39 is 0 Å². The molecule has 0 spiro atoms. The van der Waals surface area contributed by atoms with Crippen LogP contribution in [0.25, 0.3) is 0 Å². The lowest BCUT2D eigenvalue weighted by Gasteiger charge is -2.10. The molecule has 1 saturated heterocycles. The van der Waals surface area contributed by atoms with E-state index in [2.05, 4.69) is 15.6 Å². The van der Waals surface area contributed by atoms with E-state index in [0.717, 1.165) is 18.7 Å². The number of pyridine rings is 1. The van der Waals surface area contributed by atoms with E-state index in [9.17, 15) is 9.59 Å². The first-order valence-electron chi connectivity index (χ1n) is 6.38. The molecule has 1 aromatic heterocycles. The number of carbonyl (C=O) groups excluding carboxylic acids is 1. The second kappa shape index (κ2) is 5.82. The Balaban J connectivity index is 1.85. The summed E-state index contributed by atoms with van der Waals surface area (Å²) in [7, 11) is 0. The third kappa shape index (κ3) is 3.20. The molecule has 3 N–H and O–H groups in total. The van der Waals surface area contributed by atoms with E-state index in [1.807, 2.05) is 0 Å². The Morgan fingerprint density at radius 1 is 1.50 bits per heavy atom. The Morgan fingerprint density at radius 2 is 2.33 bits per heavy atom. The molecule has 5 nitrogen and oxygen atoms in total. The van der Waals surface area contributed by atoms with Crippen LogP contribution >= 0.6 is 0 Å². The van der Waals surface area contributed by atoms with Gasteiger partial charge >= 0.3 is 0 Å². The summed E-state index contributed by atoms with van der Waals surface area (Å²) in [6, 6.07) is 3.80. The highest BCUT2D eigenvalue weighted by atomic mass is 16.2. The van der Waals surface area contributed by atoms with E-state index >= 15 is 0 Å². The van der Waals surface area contributed by atoms with Crippen molar-refractivity contribution in [3.63, 3.8) is 0 Å². The van der Waals surface area contributed by atoms with Crippen LogP contribution < -0.4 is 16.2 Å². The molecular weight excluding hydrogens is 230 g/mol. The normalized spacial score (nSPS) is 18.8. The van der Waals surface area contributed by atoms with Crippen molar-refractivity contribution >= 4 is 5.91 Å². The van der Waals surface area contributed by atoms with Gasteiger partial charge in [0.05, 0.1) is 0 Å². The first kappa shape index (κ1) is 12.8. The van der Waals surface area contributed by atoms with Crippen LogP contribution in [0.2, 0.25) is 0 Å². The van der Waals surface area contributed by atoms with Crippen molar-refractivity contribution in [2.75, 3.05) is 13.1 Å². The minimum Gasteiger partial charge on any atom is -0.352 e. The molecule has 1 aliphatic heterocycles. The van der Waals surface area contributed by atoms with E-state index in [4.69, 9.17) is 0 Å². The van der Waals surface area contributed by atoms with Gasteiger partial charge in [0.1, 0.15) is 5.56 Å². The summed E-state index contributed by atoms with van der Waals surface area (Å²) in [5.74, 6) is -0.297. The van der Waals surface area contributed by atoms with Crippen molar-refractivity contribution in [3.8, 4) is 0 Å². The number of hydrogen-bond donors (Lipinski definition) is 3. The van der Waals surface area contributed by atoms with E-state index in [1.54, 1.807) is 19.1 Å². The lowest BCUT2D eigenvalue weighted by molar-refractivity contribution is 0.0951. The standard InChI is InChI=1S/C13H19N3O2/c1-9-4-5-11(13(18)16-9)12(17)15-8-6-10-3-2-7-14-10/h4-5,10,14H,2-3,6-8H2,1H3,(H,15,17)(H,16,18)/t10-/m1/s1. The molecule has 1 amide bonds. The Bertz CT molecular complexity index is 475. The first-order chi connectivity index (χ1) is 8.66. The van der Waals surface area contributed by atoms with Gasteiger partial charge in [-0.3, -0.25) is 9.59 Å².